The molecule has 0 saturated heterocycles. The molecule has 1 aromatic heterocycles. The normalized spacial score (nSPS) is 11.4. The van der Waals surface area contributed by atoms with E-state index >= 15 is 0 Å². The lowest BCUT2D eigenvalue weighted by molar-refractivity contribution is -0.140. The number of benzene rings is 1. The van der Waals surface area contributed by atoms with E-state index in [9.17, 15) is 19.5 Å². The van der Waals surface area contributed by atoms with Crippen LogP contribution in [0.4, 0.5) is 0 Å². The zero-order valence-corrected chi connectivity index (χ0v) is 15.9. The molecule has 150 valence electrons. The van der Waals surface area contributed by atoms with Crippen LogP contribution in [-0.2, 0) is 14.3 Å². The number of aromatic hydroxyl groups is 1. The minimum Gasteiger partial charge on any atom is -0.506 e. The van der Waals surface area contributed by atoms with E-state index in [0.29, 0.717) is 17.1 Å². The van der Waals surface area contributed by atoms with Crippen molar-refractivity contribution in [2.75, 3.05) is 28.4 Å². The van der Waals surface area contributed by atoms with Crippen molar-refractivity contribution in [2.45, 2.75) is 12.3 Å². The van der Waals surface area contributed by atoms with Crippen LogP contribution in [0.15, 0.2) is 29.2 Å². The standard InChI is InChI=1S/C19H21NO8/c1-25-13-6-5-10(7-14(13)26-2)11(8-15(21)27-3)16-17(22)12(19(24)28-4)9-20-18(16)23/h5-7,9,11H,8H2,1-4H3,(H2,20,22,23)/t11-/m0/s1. The number of carbonyl (C=O) groups excluding carboxylic acids is 2. The van der Waals surface area contributed by atoms with E-state index < -0.39 is 29.2 Å². The summed E-state index contributed by atoms with van der Waals surface area (Å²) < 4.78 is 19.8. The van der Waals surface area contributed by atoms with E-state index in [0.717, 1.165) is 13.3 Å². The van der Waals surface area contributed by atoms with Crippen molar-refractivity contribution in [3.05, 3.63) is 51.4 Å². The largest absolute Gasteiger partial charge is 0.506 e. The molecule has 28 heavy (non-hydrogen) atoms. The summed E-state index contributed by atoms with van der Waals surface area (Å²) in [6.07, 6.45) is 0.796. The Balaban J connectivity index is 2.70. The Morgan fingerprint density at radius 3 is 2.32 bits per heavy atom. The third-order valence-corrected chi connectivity index (χ3v) is 4.26. The topological polar surface area (TPSA) is 124 Å². The molecule has 0 saturated carbocycles. The highest BCUT2D eigenvalue weighted by molar-refractivity contribution is 5.92. The smallest absolute Gasteiger partial charge is 0.343 e. The maximum Gasteiger partial charge on any atom is 0.343 e. The molecule has 0 bridgehead atoms. The number of ether oxygens (including phenoxy) is 4. The Morgan fingerprint density at radius 1 is 1.07 bits per heavy atom. The fraction of sp³-hybridized carbons (Fsp3) is 0.316. The molecule has 0 spiro atoms. The lowest BCUT2D eigenvalue weighted by Crippen LogP contribution is -2.22. The summed E-state index contributed by atoms with van der Waals surface area (Å²) in [6.45, 7) is 0. The van der Waals surface area contributed by atoms with Crippen molar-refractivity contribution in [3.8, 4) is 17.2 Å². The molecule has 1 aromatic carbocycles. The minimum absolute atomic E-state index is 0.166. The average molecular weight is 391 g/mol. The van der Waals surface area contributed by atoms with Gasteiger partial charge < -0.3 is 29.0 Å². The van der Waals surface area contributed by atoms with Gasteiger partial charge in [0.05, 0.1) is 40.4 Å². The zero-order chi connectivity index (χ0) is 20.8. The first-order valence-corrected chi connectivity index (χ1v) is 8.19. The number of aromatic nitrogens is 1. The molecule has 0 aliphatic rings. The van der Waals surface area contributed by atoms with E-state index in [1.807, 2.05) is 0 Å². The highest BCUT2D eigenvalue weighted by Gasteiger charge is 2.29. The minimum atomic E-state index is -0.916. The van der Waals surface area contributed by atoms with Crippen LogP contribution < -0.4 is 15.0 Å². The van der Waals surface area contributed by atoms with Crippen molar-refractivity contribution in [3.63, 3.8) is 0 Å². The number of rotatable bonds is 7. The number of pyridine rings is 1. The van der Waals surface area contributed by atoms with E-state index in [1.165, 1.54) is 21.3 Å². The molecular weight excluding hydrogens is 370 g/mol. The van der Waals surface area contributed by atoms with Crippen LogP contribution in [0.25, 0.3) is 0 Å². The maximum absolute atomic E-state index is 12.5. The van der Waals surface area contributed by atoms with Crippen molar-refractivity contribution in [1.82, 2.24) is 4.98 Å². The summed E-state index contributed by atoms with van der Waals surface area (Å²) in [5, 5.41) is 10.6. The summed E-state index contributed by atoms with van der Waals surface area (Å²) in [5.41, 5.74) is -0.576. The Bertz CT molecular complexity index is 934. The van der Waals surface area contributed by atoms with E-state index in [2.05, 4.69) is 9.72 Å². The average Bonchev–Trinajstić information content (AvgIpc) is 2.71. The van der Waals surface area contributed by atoms with Crippen molar-refractivity contribution in [1.29, 1.82) is 0 Å². The van der Waals surface area contributed by atoms with Gasteiger partial charge in [-0.2, -0.15) is 0 Å². The van der Waals surface area contributed by atoms with Gasteiger partial charge in [-0.15, -0.1) is 0 Å². The molecule has 0 aliphatic carbocycles. The molecule has 0 unspecified atom stereocenters. The molecule has 9 heteroatoms. The second kappa shape index (κ2) is 8.94. The SMILES string of the molecule is COC(=O)C[C@@H](c1ccc(OC)c(OC)c1)c1c(O)c(C(=O)OC)c[nH]c1=O. The van der Waals surface area contributed by atoms with Crippen LogP contribution in [0.1, 0.15) is 33.8 Å². The Morgan fingerprint density at radius 2 is 1.75 bits per heavy atom. The molecule has 2 rings (SSSR count). The van der Waals surface area contributed by atoms with Gasteiger partial charge in [-0.05, 0) is 17.7 Å². The highest BCUT2D eigenvalue weighted by Crippen LogP contribution is 2.37. The zero-order valence-electron chi connectivity index (χ0n) is 15.9. The van der Waals surface area contributed by atoms with E-state index in [-0.39, 0.29) is 17.5 Å². The van der Waals surface area contributed by atoms with Crippen LogP contribution >= 0.6 is 0 Å². The third-order valence-electron chi connectivity index (χ3n) is 4.26. The Kier molecular flexibility index (Phi) is 6.64. The second-order valence-electron chi connectivity index (χ2n) is 5.73. The molecule has 9 nitrogen and oxygen atoms in total. The van der Waals surface area contributed by atoms with Crippen LogP contribution in [-0.4, -0.2) is 50.5 Å². The first-order valence-electron chi connectivity index (χ1n) is 8.19. The van der Waals surface area contributed by atoms with Crippen LogP contribution in [0.5, 0.6) is 17.2 Å². The number of hydrogen-bond donors (Lipinski definition) is 2. The van der Waals surface area contributed by atoms with Crippen molar-refractivity contribution < 1.29 is 33.6 Å². The fourth-order valence-electron chi connectivity index (χ4n) is 2.83. The number of nitrogens with one attached hydrogen (secondary N) is 1. The van der Waals surface area contributed by atoms with Crippen LogP contribution in [0, 0.1) is 0 Å². The monoisotopic (exact) mass is 391 g/mol. The van der Waals surface area contributed by atoms with Gasteiger partial charge in [0.2, 0.25) is 0 Å². The molecule has 1 atom stereocenters. The predicted molar refractivity (Wildman–Crippen MR) is 98.1 cm³/mol. The molecule has 0 amide bonds. The molecule has 0 fully saturated rings. The molecular formula is C19H21NO8. The van der Waals surface area contributed by atoms with Gasteiger partial charge in [-0.1, -0.05) is 6.07 Å². The van der Waals surface area contributed by atoms with Gasteiger partial charge in [0.25, 0.3) is 5.56 Å². The highest BCUT2D eigenvalue weighted by atomic mass is 16.5. The summed E-state index contributed by atoms with van der Waals surface area (Å²) in [7, 11) is 5.27. The number of aromatic amines is 1. The number of methoxy groups -OCH3 is 4. The van der Waals surface area contributed by atoms with Gasteiger partial charge in [-0.3, -0.25) is 9.59 Å². The third kappa shape index (κ3) is 4.08. The quantitative estimate of drug-likeness (QED) is 0.682. The van der Waals surface area contributed by atoms with E-state index in [4.69, 9.17) is 14.2 Å². The summed E-state index contributed by atoms with van der Waals surface area (Å²) in [4.78, 5) is 38.7. The lowest BCUT2D eigenvalue weighted by atomic mass is 9.87. The first-order chi connectivity index (χ1) is 13.4. The number of hydrogen-bond acceptors (Lipinski definition) is 8. The molecule has 0 aliphatic heterocycles. The Labute approximate surface area is 160 Å². The van der Waals surface area contributed by atoms with Gasteiger partial charge in [0, 0.05) is 12.1 Å². The number of H-pyrrole nitrogens is 1. The summed E-state index contributed by atoms with van der Waals surface area (Å²) in [5.74, 6) is -2.11. The maximum atomic E-state index is 12.5. The predicted octanol–water partition coefficient (Wildman–Crippen LogP) is 1.58. The first kappa shape index (κ1) is 20.8. The Hall–Kier alpha value is -3.49. The molecule has 1 heterocycles. The molecule has 2 N–H and O–H groups in total. The second-order valence-corrected chi connectivity index (χ2v) is 5.73. The summed E-state index contributed by atoms with van der Waals surface area (Å²) in [6, 6.07) is 4.81. The number of esters is 2. The van der Waals surface area contributed by atoms with Crippen molar-refractivity contribution >= 4 is 11.9 Å². The van der Waals surface area contributed by atoms with Crippen LogP contribution in [0.3, 0.4) is 0 Å². The number of carbonyl (C=O) groups is 2. The van der Waals surface area contributed by atoms with Gasteiger partial charge in [0.1, 0.15) is 11.3 Å². The molecule has 2 aromatic rings. The van der Waals surface area contributed by atoms with Crippen molar-refractivity contribution in [2.24, 2.45) is 0 Å². The van der Waals surface area contributed by atoms with Gasteiger partial charge in [0.15, 0.2) is 11.5 Å². The fourth-order valence-corrected chi connectivity index (χ4v) is 2.83. The lowest BCUT2D eigenvalue weighted by Gasteiger charge is -2.19. The van der Waals surface area contributed by atoms with Crippen LogP contribution in [0.2, 0.25) is 0 Å². The molecule has 0 radical (unpaired) electrons. The summed E-state index contributed by atoms with van der Waals surface area (Å²) >= 11 is 0. The van der Waals surface area contributed by atoms with Gasteiger partial charge >= 0.3 is 11.9 Å². The van der Waals surface area contributed by atoms with E-state index in [1.54, 1.807) is 18.2 Å². The van der Waals surface area contributed by atoms with Gasteiger partial charge in [-0.25, -0.2) is 4.79 Å².